The first kappa shape index (κ1) is 41.0. The molecule has 55 heavy (non-hydrogen) atoms. The molecule has 288 valence electrons. The molecular formula is C40H44N6O9. The Labute approximate surface area is 318 Å². The summed E-state index contributed by atoms with van der Waals surface area (Å²) >= 11 is 0. The monoisotopic (exact) mass is 752 g/mol. The number of carbonyl (C=O) groups excluding carboxylic acids is 5. The van der Waals surface area contributed by atoms with Crippen molar-refractivity contribution >= 4 is 35.9 Å². The molecule has 4 rings (SSSR count). The zero-order valence-electron chi connectivity index (χ0n) is 30.3. The number of benzene rings is 4. The zero-order valence-corrected chi connectivity index (χ0v) is 30.3. The van der Waals surface area contributed by atoms with Crippen LogP contribution < -0.4 is 27.3 Å². The molecule has 4 aromatic carbocycles. The van der Waals surface area contributed by atoms with Crippen molar-refractivity contribution in [1.82, 2.24) is 10.2 Å². The van der Waals surface area contributed by atoms with E-state index in [0.717, 1.165) is 0 Å². The van der Waals surface area contributed by atoms with Gasteiger partial charge in [0.15, 0.2) is 5.96 Å². The molecule has 0 unspecified atom stereocenters. The molecule has 0 aliphatic rings. The second-order valence-corrected chi connectivity index (χ2v) is 12.2. The number of hydrogen-bond donors (Lipinski definition) is 4. The molecule has 0 aliphatic heterocycles. The van der Waals surface area contributed by atoms with Gasteiger partial charge < -0.3 is 36.1 Å². The van der Waals surface area contributed by atoms with Crippen molar-refractivity contribution in [3.63, 3.8) is 0 Å². The SMILES string of the molecule is COc1ccc(C[C@H](N)C(=O)NC(=O)[C@@](CCCN=C(N)N)(C(=O)OCc2ccccc2)N(C(=O)OCc2ccccc2)C(=O)OCc2ccccc2)cc1. The molecule has 4 aromatic rings. The topological polar surface area (TPSA) is 228 Å². The molecule has 2 atom stereocenters. The number of guanidine groups is 1. The van der Waals surface area contributed by atoms with Gasteiger partial charge in [-0.25, -0.2) is 14.4 Å². The normalized spacial score (nSPS) is 12.2. The van der Waals surface area contributed by atoms with E-state index in [1.807, 2.05) is 0 Å². The highest BCUT2D eigenvalue weighted by Gasteiger charge is 2.59. The largest absolute Gasteiger partial charge is 0.497 e. The predicted molar refractivity (Wildman–Crippen MR) is 202 cm³/mol. The first-order chi connectivity index (χ1) is 26.5. The predicted octanol–water partition coefficient (Wildman–Crippen LogP) is 3.72. The lowest BCUT2D eigenvalue weighted by Gasteiger charge is -2.37. The van der Waals surface area contributed by atoms with E-state index in [1.54, 1.807) is 115 Å². The minimum Gasteiger partial charge on any atom is -0.497 e. The third-order valence-corrected chi connectivity index (χ3v) is 8.26. The fourth-order valence-electron chi connectivity index (χ4n) is 5.37. The van der Waals surface area contributed by atoms with Crippen molar-refractivity contribution in [3.8, 4) is 5.75 Å². The highest BCUT2D eigenvalue weighted by molar-refractivity contribution is 6.17. The summed E-state index contributed by atoms with van der Waals surface area (Å²) in [5, 5.41) is 2.16. The number of carbonyl (C=O) groups is 5. The van der Waals surface area contributed by atoms with Crippen LogP contribution in [0.25, 0.3) is 0 Å². The molecule has 0 heterocycles. The second-order valence-electron chi connectivity index (χ2n) is 12.2. The average molecular weight is 753 g/mol. The van der Waals surface area contributed by atoms with E-state index in [-0.39, 0.29) is 50.1 Å². The lowest BCUT2D eigenvalue weighted by Crippen LogP contribution is -2.68. The Morgan fingerprint density at radius 2 is 1.16 bits per heavy atom. The summed E-state index contributed by atoms with van der Waals surface area (Å²) in [6.45, 7) is -1.25. The van der Waals surface area contributed by atoms with Crippen LogP contribution in [-0.2, 0) is 54.8 Å². The van der Waals surface area contributed by atoms with Crippen LogP contribution in [-0.4, -0.2) is 66.1 Å². The Hall–Kier alpha value is -6.74. The van der Waals surface area contributed by atoms with E-state index in [0.29, 0.717) is 28.0 Å². The highest BCUT2D eigenvalue weighted by atomic mass is 16.6. The van der Waals surface area contributed by atoms with E-state index in [1.165, 1.54) is 7.11 Å². The number of nitrogens with zero attached hydrogens (tertiary/aromatic N) is 2. The molecule has 0 radical (unpaired) electrons. The van der Waals surface area contributed by atoms with Crippen LogP contribution in [0.1, 0.15) is 35.1 Å². The number of rotatable bonds is 17. The Balaban J connectivity index is 1.78. The van der Waals surface area contributed by atoms with Gasteiger partial charge in [0.25, 0.3) is 5.91 Å². The molecule has 0 saturated carbocycles. The van der Waals surface area contributed by atoms with Gasteiger partial charge in [0.05, 0.1) is 13.2 Å². The fourth-order valence-corrected chi connectivity index (χ4v) is 5.37. The minimum absolute atomic E-state index is 0.0268. The van der Waals surface area contributed by atoms with E-state index in [4.69, 9.17) is 36.1 Å². The number of ether oxygens (including phenoxy) is 4. The van der Waals surface area contributed by atoms with Crippen LogP contribution in [0.4, 0.5) is 9.59 Å². The van der Waals surface area contributed by atoms with E-state index < -0.39 is 48.0 Å². The van der Waals surface area contributed by atoms with Crippen LogP contribution in [0.5, 0.6) is 5.75 Å². The average Bonchev–Trinajstić information content (AvgIpc) is 3.20. The maximum absolute atomic E-state index is 14.6. The van der Waals surface area contributed by atoms with Crippen molar-refractivity contribution < 1.29 is 42.9 Å². The first-order valence-corrected chi connectivity index (χ1v) is 17.3. The molecule has 15 nitrogen and oxygen atoms in total. The lowest BCUT2D eigenvalue weighted by atomic mass is 9.89. The van der Waals surface area contributed by atoms with Gasteiger partial charge in [0.1, 0.15) is 25.6 Å². The van der Waals surface area contributed by atoms with Crippen LogP contribution in [0.2, 0.25) is 0 Å². The number of nitrogens with one attached hydrogen (secondary N) is 1. The quantitative estimate of drug-likeness (QED) is 0.0302. The molecule has 0 aliphatic carbocycles. The minimum atomic E-state index is -2.91. The summed E-state index contributed by atoms with van der Waals surface area (Å²) in [5.74, 6) is -3.50. The second kappa shape index (κ2) is 20.5. The van der Waals surface area contributed by atoms with Gasteiger partial charge in [0, 0.05) is 6.54 Å². The van der Waals surface area contributed by atoms with Crippen molar-refractivity contribution in [2.75, 3.05) is 13.7 Å². The number of imide groups is 2. The third kappa shape index (κ3) is 11.9. The summed E-state index contributed by atoms with van der Waals surface area (Å²) < 4.78 is 21.9. The molecule has 0 aromatic heterocycles. The molecule has 0 fully saturated rings. The molecule has 15 heteroatoms. The smallest absolute Gasteiger partial charge is 0.421 e. The maximum Gasteiger partial charge on any atom is 0.421 e. The lowest BCUT2D eigenvalue weighted by molar-refractivity contribution is -0.164. The van der Waals surface area contributed by atoms with Crippen LogP contribution in [0.3, 0.4) is 0 Å². The maximum atomic E-state index is 14.6. The standard InChI is InChI=1S/C40H44N6O9/c1-52-32-20-18-28(19-21-32)24-33(41)34(47)45-35(48)40(22-11-23-44-37(42)43,36(49)53-25-29-12-5-2-6-13-29)46(38(50)54-26-30-14-7-3-8-15-30)39(51)55-27-31-16-9-4-10-17-31/h2-10,12-21,33H,11,22-27,41H2,1H3,(H4,42,43,44)(H,45,47,48)/t33-,40-/m0/s1. The van der Waals surface area contributed by atoms with Gasteiger partial charge in [-0.1, -0.05) is 103 Å². The van der Waals surface area contributed by atoms with Gasteiger partial charge in [-0.3, -0.25) is 19.9 Å². The van der Waals surface area contributed by atoms with E-state index in [9.17, 15) is 24.0 Å². The van der Waals surface area contributed by atoms with Crippen LogP contribution in [0.15, 0.2) is 120 Å². The van der Waals surface area contributed by atoms with E-state index in [2.05, 4.69) is 10.3 Å². The third-order valence-electron chi connectivity index (χ3n) is 8.26. The van der Waals surface area contributed by atoms with Crippen LogP contribution in [0, 0.1) is 0 Å². The summed E-state index contributed by atoms with van der Waals surface area (Å²) in [5.41, 5.74) is 16.6. The van der Waals surface area contributed by atoms with Gasteiger partial charge in [0.2, 0.25) is 11.4 Å². The van der Waals surface area contributed by atoms with Crippen molar-refractivity contribution in [2.24, 2.45) is 22.2 Å². The van der Waals surface area contributed by atoms with Gasteiger partial charge in [-0.05, 0) is 53.6 Å². The first-order valence-electron chi connectivity index (χ1n) is 17.3. The van der Waals surface area contributed by atoms with Gasteiger partial charge >= 0.3 is 18.2 Å². The number of esters is 1. The Bertz CT molecular complexity index is 1850. The highest BCUT2D eigenvalue weighted by Crippen LogP contribution is 2.29. The van der Waals surface area contributed by atoms with Crippen molar-refractivity contribution in [2.45, 2.75) is 50.7 Å². The Morgan fingerprint density at radius 3 is 1.62 bits per heavy atom. The van der Waals surface area contributed by atoms with Crippen LogP contribution >= 0.6 is 0 Å². The Kier molecular flexibility index (Phi) is 15.3. The number of aliphatic imine (C=N–C) groups is 1. The summed E-state index contributed by atoms with van der Waals surface area (Å²) in [4.78, 5) is 75.3. The number of nitrogens with two attached hydrogens (primary N) is 3. The number of amides is 4. The molecule has 0 spiro atoms. The molecule has 0 saturated heterocycles. The van der Waals surface area contributed by atoms with Gasteiger partial charge in [-0.2, -0.15) is 4.90 Å². The summed E-state index contributed by atoms with van der Waals surface area (Å²) in [7, 11) is 1.51. The molecule has 4 amide bonds. The molecular weight excluding hydrogens is 708 g/mol. The van der Waals surface area contributed by atoms with Crippen molar-refractivity contribution in [1.29, 1.82) is 0 Å². The van der Waals surface area contributed by atoms with Gasteiger partial charge in [-0.15, -0.1) is 0 Å². The Morgan fingerprint density at radius 1 is 0.691 bits per heavy atom. The van der Waals surface area contributed by atoms with E-state index >= 15 is 0 Å². The van der Waals surface area contributed by atoms with Crippen molar-refractivity contribution in [3.05, 3.63) is 138 Å². The number of hydrogen-bond acceptors (Lipinski definition) is 11. The zero-order chi connectivity index (χ0) is 39.6. The fraction of sp³-hybridized carbons (Fsp3) is 0.250. The summed E-state index contributed by atoms with van der Waals surface area (Å²) in [6, 6.07) is 30.9. The number of methoxy groups -OCH3 is 1. The molecule has 0 bridgehead atoms. The molecule has 7 N–H and O–H groups in total. The summed E-state index contributed by atoms with van der Waals surface area (Å²) in [6.07, 6.45) is -3.71.